The molecule has 7 nitrogen and oxygen atoms in total. The van der Waals surface area contributed by atoms with Gasteiger partial charge in [-0.05, 0) is 36.5 Å². The second kappa shape index (κ2) is 10.8. The Balaban J connectivity index is 1.76. The van der Waals surface area contributed by atoms with E-state index in [4.69, 9.17) is 11.6 Å². The van der Waals surface area contributed by atoms with Crippen LogP contribution in [0.4, 0.5) is 5.69 Å². The number of amides is 3. The minimum absolute atomic E-state index is 0.175. The minimum atomic E-state index is -0.907. The van der Waals surface area contributed by atoms with E-state index in [2.05, 4.69) is 10.6 Å². The van der Waals surface area contributed by atoms with Gasteiger partial charge in [-0.25, -0.2) is 0 Å². The molecule has 0 spiro atoms. The number of aliphatic hydroxyl groups is 1. The van der Waals surface area contributed by atoms with Crippen molar-refractivity contribution in [2.24, 2.45) is 23.7 Å². The largest absolute Gasteiger partial charge is 0.394 e. The quantitative estimate of drug-likeness (QED) is 0.499. The maximum absolute atomic E-state index is 14.0. The fourth-order valence-corrected chi connectivity index (χ4v) is 5.89. The molecule has 1 saturated heterocycles. The highest BCUT2D eigenvalue weighted by atomic mass is 35.5. The van der Waals surface area contributed by atoms with Gasteiger partial charge in [0.2, 0.25) is 17.7 Å². The second-order valence-corrected chi connectivity index (χ2v) is 10.0. The van der Waals surface area contributed by atoms with Crippen molar-refractivity contribution in [3.05, 3.63) is 76.8 Å². The van der Waals surface area contributed by atoms with Crippen molar-refractivity contribution in [3.63, 3.8) is 0 Å². The number of nitrogens with one attached hydrogen (secondary N) is 2. The lowest BCUT2D eigenvalue weighted by atomic mass is 9.70. The first-order valence-electron chi connectivity index (χ1n) is 12.2. The third-order valence-corrected chi connectivity index (χ3v) is 7.73. The molecule has 36 heavy (non-hydrogen) atoms. The van der Waals surface area contributed by atoms with E-state index in [1.54, 1.807) is 19.2 Å². The lowest BCUT2D eigenvalue weighted by Crippen LogP contribution is -2.51. The lowest BCUT2D eigenvalue weighted by Gasteiger charge is -2.33. The number of allylic oxidation sites excluding steroid dienone is 1. The highest BCUT2D eigenvalue weighted by molar-refractivity contribution is 6.34. The summed E-state index contributed by atoms with van der Waals surface area (Å²) in [6.45, 7) is 3.43. The van der Waals surface area contributed by atoms with Crippen molar-refractivity contribution in [3.8, 4) is 0 Å². The summed E-state index contributed by atoms with van der Waals surface area (Å²) in [5.41, 5.74) is 2.22. The number of hydrogen-bond donors (Lipinski definition) is 3. The van der Waals surface area contributed by atoms with Crippen LogP contribution in [0, 0.1) is 30.6 Å². The molecule has 2 aromatic rings. The number of aryl methyl sites for hydroxylation is 1. The van der Waals surface area contributed by atoms with Crippen LogP contribution in [0.15, 0.2) is 60.7 Å². The Labute approximate surface area is 216 Å². The van der Waals surface area contributed by atoms with Gasteiger partial charge < -0.3 is 20.6 Å². The van der Waals surface area contributed by atoms with Crippen LogP contribution in [0.2, 0.25) is 5.02 Å². The number of carbonyl (C=O) groups excluding carboxylic acids is 3. The van der Waals surface area contributed by atoms with Crippen LogP contribution in [0.5, 0.6) is 0 Å². The predicted octanol–water partition coefficient (Wildman–Crippen LogP) is 3.20. The molecule has 1 heterocycles. The Bertz CT molecular complexity index is 1150. The number of fused-ring (bicyclic) bond motifs is 1. The first-order chi connectivity index (χ1) is 17.3. The topological polar surface area (TPSA) is 98.7 Å². The van der Waals surface area contributed by atoms with Gasteiger partial charge in [0, 0.05) is 13.0 Å². The number of anilines is 1. The van der Waals surface area contributed by atoms with Gasteiger partial charge >= 0.3 is 0 Å². The highest BCUT2D eigenvalue weighted by Crippen LogP contribution is 2.45. The van der Waals surface area contributed by atoms with Crippen molar-refractivity contribution < 1.29 is 19.5 Å². The number of benzene rings is 2. The maximum Gasteiger partial charge on any atom is 0.247 e. The number of aliphatic hydroxyl groups excluding tert-OH is 1. The van der Waals surface area contributed by atoms with E-state index in [-0.39, 0.29) is 24.3 Å². The van der Waals surface area contributed by atoms with E-state index in [9.17, 15) is 19.5 Å². The van der Waals surface area contributed by atoms with Crippen molar-refractivity contribution in [1.82, 2.24) is 10.2 Å². The van der Waals surface area contributed by atoms with Crippen LogP contribution in [0.1, 0.15) is 18.1 Å². The lowest BCUT2D eigenvalue weighted by molar-refractivity contribution is -0.142. The molecule has 6 atom stereocenters. The zero-order chi connectivity index (χ0) is 26.0. The Morgan fingerprint density at radius 2 is 1.81 bits per heavy atom. The van der Waals surface area contributed by atoms with E-state index >= 15 is 0 Å². The third-order valence-electron chi connectivity index (χ3n) is 7.42. The molecule has 2 aromatic carbocycles. The van der Waals surface area contributed by atoms with Crippen LogP contribution in [0.3, 0.4) is 0 Å². The number of para-hydroxylation sites is 1. The van der Waals surface area contributed by atoms with Gasteiger partial charge in [0.1, 0.15) is 6.04 Å². The Kier molecular flexibility index (Phi) is 7.81. The Morgan fingerprint density at radius 3 is 2.44 bits per heavy atom. The van der Waals surface area contributed by atoms with Gasteiger partial charge in [0.15, 0.2) is 0 Å². The van der Waals surface area contributed by atoms with E-state index in [1.165, 1.54) is 4.90 Å². The zero-order valence-electron chi connectivity index (χ0n) is 20.6. The molecular formula is C28H32ClN3O4. The molecule has 0 unspecified atom stereocenters. The maximum atomic E-state index is 14.0. The minimum Gasteiger partial charge on any atom is -0.394 e. The number of hydrogen-bond acceptors (Lipinski definition) is 4. The molecule has 4 rings (SSSR count). The van der Waals surface area contributed by atoms with E-state index < -0.39 is 35.7 Å². The summed E-state index contributed by atoms with van der Waals surface area (Å²) in [6, 6.07) is 13.3. The summed E-state index contributed by atoms with van der Waals surface area (Å²) in [4.78, 5) is 42.2. The number of rotatable bonds is 7. The molecule has 3 amide bonds. The predicted molar refractivity (Wildman–Crippen MR) is 139 cm³/mol. The van der Waals surface area contributed by atoms with Gasteiger partial charge in [-0.3, -0.25) is 14.4 Å². The van der Waals surface area contributed by atoms with E-state index in [0.717, 1.165) is 11.1 Å². The monoisotopic (exact) mass is 509 g/mol. The number of likely N-dealkylation sites (tertiary alicyclic amines) is 1. The SMILES string of the molecule is CNC(=O)[C@H]1[C@H]2C(=O)N([C@@H](CO)Cc3ccccc3)[C@H](C(=O)Nc3c(C)cccc3Cl)[C@H]2C=C[C@H]1C. The van der Waals surface area contributed by atoms with Gasteiger partial charge in [-0.15, -0.1) is 0 Å². The number of halogens is 1. The molecule has 1 aliphatic carbocycles. The molecule has 190 valence electrons. The average molecular weight is 510 g/mol. The van der Waals surface area contributed by atoms with Crippen LogP contribution in [0.25, 0.3) is 0 Å². The molecule has 1 fully saturated rings. The van der Waals surface area contributed by atoms with Crippen molar-refractivity contribution >= 4 is 35.0 Å². The molecule has 0 radical (unpaired) electrons. The van der Waals surface area contributed by atoms with Crippen LogP contribution in [-0.4, -0.2) is 53.5 Å². The smallest absolute Gasteiger partial charge is 0.247 e. The molecule has 0 saturated carbocycles. The summed E-state index contributed by atoms with van der Waals surface area (Å²) in [7, 11) is 1.55. The van der Waals surface area contributed by atoms with Crippen molar-refractivity contribution in [2.75, 3.05) is 19.0 Å². The second-order valence-electron chi connectivity index (χ2n) is 9.62. The fourth-order valence-electron chi connectivity index (χ4n) is 5.63. The molecule has 3 N–H and O–H groups in total. The molecule has 2 aliphatic rings. The highest BCUT2D eigenvalue weighted by Gasteiger charge is 2.58. The average Bonchev–Trinajstić information content (AvgIpc) is 3.17. The molecule has 8 heteroatoms. The fraction of sp³-hybridized carbons (Fsp3) is 0.393. The molecule has 1 aliphatic heterocycles. The Hall–Kier alpha value is -3.16. The summed E-state index contributed by atoms with van der Waals surface area (Å²) >= 11 is 6.38. The summed E-state index contributed by atoms with van der Waals surface area (Å²) < 4.78 is 0. The summed E-state index contributed by atoms with van der Waals surface area (Å²) in [5.74, 6) is -2.95. The van der Waals surface area contributed by atoms with Crippen LogP contribution in [-0.2, 0) is 20.8 Å². The van der Waals surface area contributed by atoms with Gasteiger partial charge in [-0.2, -0.15) is 0 Å². The molecular weight excluding hydrogens is 478 g/mol. The standard InChI is InChI=1S/C28H32ClN3O4/c1-16-12-13-20-23(22(16)26(34)30-3)28(36)32(19(15-33)14-18-9-5-4-6-10-18)25(20)27(35)31-24-17(2)8-7-11-21(24)29/h4-13,16,19-20,22-23,25,33H,14-15H2,1-3H3,(H,30,34)(H,31,35)/t16-,19-,20+,22-,23+,25+/m1/s1. The van der Waals surface area contributed by atoms with Crippen molar-refractivity contribution in [2.45, 2.75) is 32.4 Å². The number of nitrogens with zero attached hydrogens (tertiary/aromatic N) is 1. The van der Waals surface area contributed by atoms with Crippen LogP contribution >= 0.6 is 11.6 Å². The van der Waals surface area contributed by atoms with Gasteiger partial charge in [-0.1, -0.05) is 73.1 Å². The van der Waals surface area contributed by atoms with Gasteiger partial charge in [0.25, 0.3) is 0 Å². The first kappa shape index (κ1) is 25.9. The van der Waals surface area contributed by atoms with E-state index in [0.29, 0.717) is 17.1 Å². The molecule has 0 bridgehead atoms. The van der Waals surface area contributed by atoms with Gasteiger partial charge in [0.05, 0.1) is 35.2 Å². The van der Waals surface area contributed by atoms with Crippen LogP contribution < -0.4 is 10.6 Å². The Morgan fingerprint density at radius 1 is 1.08 bits per heavy atom. The normalized spacial score (nSPS) is 25.9. The first-order valence-corrected chi connectivity index (χ1v) is 12.6. The summed E-state index contributed by atoms with van der Waals surface area (Å²) in [5, 5.41) is 16.4. The summed E-state index contributed by atoms with van der Waals surface area (Å²) in [6.07, 6.45) is 4.17. The van der Waals surface area contributed by atoms with Crippen molar-refractivity contribution in [1.29, 1.82) is 0 Å². The number of carbonyl (C=O) groups is 3. The van der Waals surface area contributed by atoms with E-state index in [1.807, 2.05) is 62.4 Å². The molecule has 0 aromatic heterocycles. The third kappa shape index (κ3) is 4.77. The zero-order valence-corrected chi connectivity index (χ0v) is 21.4.